The van der Waals surface area contributed by atoms with Crippen LogP contribution in [0.25, 0.3) is 0 Å². The Kier molecular flexibility index (Phi) is 9.02. The maximum absolute atomic E-state index is 12.6. The molecule has 0 spiro atoms. The van der Waals surface area contributed by atoms with Gasteiger partial charge in [-0.15, -0.1) is 0 Å². The molecule has 0 aliphatic carbocycles. The Labute approximate surface area is 183 Å². The van der Waals surface area contributed by atoms with E-state index in [4.69, 9.17) is 4.74 Å². The van der Waals surface area contributed by atoms with Crippen LogP contribution in [0.15, 0.2) is 53.4 Å². The van der Waals surface area contributed by atoms with Gasteiger partial charge in [0.15, 0.2) is 0 Å². The lowest BCUT2D eigenvalue weighted by Gasteiger charge is -2.18. The molecule has 0 aliphatic rings. The molecular weight excluding hydrogens is 418 g/mol. The van der Waals surface area contributed by atoms with E-state index < -0.39 is 21.8 Å². The number of nitrogens with zero attached hydrogens (tertiary/aromatic N) is 1. The minimum absolute atomic E-state index is 0.0221. The van der Waals surface area contributed by atoms with Gasteiger partial charge in [-0.2, -0.15) is 4.31 Å². The van der Waals surface area contributed by atoms with Crippen molar-refractivity contribution >= 4 is 21.8 Å². The average Bonchev–Trinajstić information content (AvgIpc) is 2.78. The molecule has 0 saturated heterocycles. The van der Waals surface area contributed by atoms with Crippen molar-refractivity contribution in [3.05, 3.63) is 59.7 Å². The Morgan fingerprint density at radius 3 is 2.10 bits per heavy atom. The lowest BCUT2D eigenvalue weighted by molar-refractivity contribution is 0.0846. The SMILES string of the molecule is CCCCOc1ccc(C(=O)NNC(=O)c2cccc(S(=O)(=O)N(CC)CC)c2)cc1. The number of rotatable bonds is 10. The molecular formula is C22H29N3O5S. The summed E-state index contributed by atoms with van der Waals surface area (Å²) in [7, 11) is -3.69. The summed E-state index contributed by atoms with van der Waals surface area (Å²) in [6.07, 6.45) is 1.98. The fourth-order valence-corrected chi connectivity index (χ4v) is 4.31. The quantitative estimate of drug-likeness (QED) is 0.430. The highest BCUT2D eigenvalue weighted by atomic mass is 32.2. The molecule has 0 fully saturated rings. The number of nitrogens with one attached hydrogen (secondary N) is 2. The van der Waals surface area contributed by atoms with Crippen LogP contribution < -0.4 is 15.6 Å². The number of carbonyl (C=O) groups is 2. The predicted octanol–water partition coefficient (Wildman–Crippen LogP) is 2.97. The summed E-state index contributed by atoms with van der Waals surface area (Å²) in [6.45, 7) is 6.84. The zero-order valence-electron chi connectivity index (χ0n) is 18.1. The van der Waals surface area contributed by atoms with E-state index in [1.54, 1.807) is 38.1 Å². The number of unbranched alkanes of at least 4 members (excludes halogenated alkanes) is 1. The van der Waals surface area contributed by atoms with E-state index in [1.165, 1.54) is 28.6 Å². The molecule has 31 heavy (non-hydrogen) atoms. The number of hydrazine groups is 1. The molecule has 2 N–H and O–H groups in total. The maximum Gasteiger partial charge on any atom is 0.269 e. The van der Waals surface area contributed by atoms with Gasteiger partial charge in [0, 0.05) is 24.2 Å². The van der Waals surface area contributed by atoms with Crippen molar-refractivity contribution in [2.45, 2.75) is 38.5 Å². The number of ether oxygens (including phenoxy) is 1. The summed E-state index contributed by atoms with van der Waals surface area (Å²) in [5.74, 6) is -0.454. The molecule has 0 heterocycles. The first-order valence-corrected chi connectivity index (χ1v) is 11.7. The molecule has 2 rings (SSSR count). The summed E-state index contributed by atoms with van der Waals surface area (Å²) >= 11 is 0. The van der Waals surface area contributed by atoms with Crippen LogP contribution in [0.1, 0.15) is 54.3 Å². The minimum atomic E-state index is -3.69. The topological polar surface area (TPSA) is 105 Å². The summed E-state index contributed by atoms with van der Waals surface area (Å²) in [5, 5.41) is 0. The molecule has 0 atom stereocenters. The summed E-state index contributed by atoms with van der Waals surface area (Å²) < 4.78 is 32.2. The fourth-order valence-electron chi connectivity index (χ4n) is 2.81. The number of carbonyl (C=O) groups excluding carboxylic acids is 2. The van der Waals surface area contributed by atoms with Crippen molar-refractivity contribution in [2.24, 2.45) is 0 Å². The van der Waals surface area contributed by atoms with Crippen LogP contribution in [0, 0.1) is 0 Å². The molecule has 0 aliphatic heterocycles. The number of benzene rings is 2. The van der Waals surface area contributed by atoms with Crippen LogP contribution in [0.4, 0.5) is 0 Å². The predicted molar refractivity (Wildman–Crippen MR) is 118 cm³/mol. The first-order valence-electron chi connectivity index (χ1n) is 10.3. The van der Waals surface area contributed by atoms with Gasteiger partial charge in [-0.25, -0.2) is 8.42 Å². The van der Waals surface area contributed by atoms with Crippen LogP contribution in [-0.4, -0.2) is 44.2 Å². The largest absolute Gasteiger partial charge is 0.494 e. The van der Waals surface area contributed by atoms with E-state index in [-0.39, 0.29) is 10.5 Å². The Morgan fingerprint density at radius 1 is 0.903 bits per heavy atom. The molecule has 9 heteroatoms. The summed E-state index contributed by atoms with van der Waals surface area (Å²) in [5.41, 5.74) is 5.11. The first-order chi connectivity index (χ1) is 14.8. The summed E-state index contributed by atoms with van der Waals surface area (Å²) in [6, 6.07) is 12.3. The van der Waals surface area contributed by atoms with Crippen LogP contribution in [0.3, 0.4) is 0 Å². The van der Waals surface area contributed by atoms with E-state index in [0.29, 0.717) is 31.0 Å². The van der Waals surface area contributed by atoms with E-state index in [9.17, 15) is 18.0 Å². The van der Waals surface area contributed by atoms with E-state index >= 15 is 0 Å². The van der Waals surface area contributed by atoms with Crippen LogP contribution in [0.5, 0.6) is 5.75 Å². The van der Waals surface area contributed by atoms with E-state index in [0.717, 1.165) is 12.8 Å². The zero-order chi connectivity index (χ0) is 22.9. The molecule has 0 radical (unpaired) electrons. The van der Waals surface area contributed by atoms with E-state index in [1.807, 2.05) is 0 Å². The molecule has 0 unspecified atom stereocenters. The minimum Gasteiger partial charge on any atom is -0.494 e. The van der Waals surface area contributed by atoms with Gasteiger partial charge in [0.1, 0.15) is 5.75 Å². The number of sulfonamides is 1. The third kappa shape index (κ3) is 6.53. The van der Waals surface area contributed by atoms with Crippen molar-refractivity contribution in [1.82, 2.24) is 15.2 Å². The lowest BCUT2D eigenvalue weighted by Crippen LogP contribution is -2.41. The second-order valence-electron chi connectivity index (χ2n) is 6.75. The highest BCUT2D eigenvalue weighted by molar-refractivity contribution is 7.89. The summed E-state index contributed by atoms with van der Waals surface area (Å²) in [4.78, 5) is 24.7. The van der Waals surface area contributed by atoms with Crippen molar-refractivity contribution in [1.29, 1.82) is 0 Å². The van der Waals surface area contributed by atoms with Crippen molar-refractivity contribution in [3.8, 4) is 5.75 Å². The molecule has 0 bridgehead atoms. The van der Waals surface area contributed by atoms with Crippen LogP contribution in [-0.2, 0) is 10.0 Å². The number of hydrogen-bond acceptors (Lipinski definition) is 5. The molecule has 0 saturated carbocycles. The van der Waals surface area contributed by atoms with Gasteiger partial charge in [-0.3, -0.25) is 20.4 Å². The zero-order valence-corrected chi connectivity index (χ0v) is 18.9. The van der Waals surface area contributed by atoms with Gasteiger partial charge in [0.25, 0.3) is 11.8 Å². The Morgan fingerprint density at radius 2 is 1.52 bits per heavy atom. The maximum atomic E-state index is 12.6. The third-order valence-corrected chi connectivity index (χ3v) is 6.66. The smallest absolute Gasteiger partial charge is 0.269 e. The molecule has 2 amide bonds. The number of amides is 2. The normalized spacial score (nSPS) is 11.2. The average molecular weight is 448 g/mol. The number of hydrogen-bond donors (Lipinski definition) is 2. The standard InChI is InChI=1S/C22H29N3O5S/c1-4-7-15-30-19-13-11-17(12-14-19)21(26)23-24-22(27)18-9-8-10-20(16-18)31(28,29)25(5-2)6-3/h8-14,16H,4-7,15H2,1-3H3,(H,23,26)(H,24,27). The lowest BCUT2D eigenvalue weighted by atomic mass is 10.2. The molecule has 2 aromatic carbocycles. The molecule has 8 nitrogen and oxygen atoms in total. The van der Waals surface area contributed by atoms with Gasteiger partial charge in [0.2, 0.25) is 10.0 Å². The van der Waals surface area contributed by atoms with Crippen LogP contribution in [0.2, 0.25) is 0 Å². The highest BCUT2D eigenvalue weighted by Crippen LogP contribution is 2.17. The Balaban J connectivity index is 2.00. The third-order valence-electron chi connectivity index (χ3n) is 4.61. The Bertz CT molecular complexity index is 986. The molecule has 168 valence electrons. The highest BCUT2D eigenvalue weighted by Gasteiger charge is 2.22. The Hall–Kier alpha value is -2.91. The van der Waals surface area contributed by atoms with Gasteiger partial charge < -0.3 is 4.74 Å². The van der Waals surface area contributed by atoms with Crippen LogP contribution >= 0.6 is 0 Å². The molecule has 2 aromatic rings. The van der Waals surface area contributed by atoms with Gasteiger partial charge in [0.05, 0.1) is 11.5 Å². The first kappa shape index (κ1) is 24.4. The van der Waals surface area contributed by atoms with Crippen molar-refractivity contribution in [2.75, 3.05) is 19.7 Å². The fraction of sp³-hybridized carbons (Fsp3) is 0.364. The monoisotopic (exact) mass is 447 g/mol. The van der Waals surface area contributed by atoms with Gasteiger partial charge in [-0.1, -0.05) is 33.3 Å². The van der Waals surface area contributed by atoms with Gasteiger partial charge in [-0.05, 0) is 48.9 Å². The van der Waals surface area contributed by atoms with Gasteiger partial charge >= 0.3 is 0 Å². The van der Waals surface area contributed by atoms with E-state index in [2.05, 4.69) is 17.8 Å². The second kappa shape index (κ2) is 11.5. The second-order valence-corrected chi connectivity index (χ2v) is 8.69. The van der Waals surface area contributed by atoms with Crippen molar-refractivity contribution < 1.29 is 22.7 Å². The molecule has 0 aromatic heterocycles. The van der Waals surface area contributed by atoms with Crippen molar-refractivity contribution in [3.63, 3.8) is 0 Å².